The van der Waals surface area contributed by atoms with Crippen molar-refractivity contribution in [2.75, 3.05) is 6.54 Å². The van der Waals surface area contributed by atoms with Crippen molar-refractivity contribution in [1.82, 2.24) is 20.2 Å². The Kier molecular flexibility index (Phi) is 4.63. The minimum Gasteiger partial charge on any atom is -0.288 e. The first kappa shape index (κ1) is 18.9. The second-order valence-electron chi connectivity index (χ2n) is 6.48. The zero-order valence-corrected chi connectivity index (χ0v) is 15.7. The van der Waals surface area contributed by atoms with Gasteiger partial charge in [0.25, 0.3) is 0 Å². The molecule has 0 saturated heterocycles. The van der Waals surface area contributed by atoms with Crippen LogP contribution in [-0.2, 0) is 5.41 Å². The van der Waals surface area contributed by atoms with E-state index in [9.17, 15) is 13.2 Å². The lowest BCUT2D eigenvalue weighted by atomic mass is 9.76. The molecule has 144 valence electrons. The first-order chi connectivity index (χ1) is 13.3. The van der Waals surface area contributed by atoms with E-state index in [0.717, 1.165) is 0 Å². The standard InChI is InChI=1S/C18H12Cl2F3N5/c19-13-5-12(6-14(20)7-13)17(18(21,22)23)8-16(24-9-17)11-1-3-15(4-2-11)28-10-25-26-27-28/h1-7,10H,8-9H2. The molecule has 0 amide bonds. The Morgan fingerprint density at radius 3 is 2.25 bits per heavy atom. The number of hydrogen-bond donors (Lipinski definition) is 0. The van der Waals surface area contributed by atoms with Crippen LogP contribution in [0, 0.1) is 0 Å². The summed E-state index contributed by atoms with van der Waals surface area (Å²) < 4.78 is 43.8. The summed E-state index contributed by atoms with van der Waals surface area (Å²) in [6, 6.07) is 10.9. The first-order valence-corrected chi connectivity index (χ1v) is 8.94. The highest BCUT2D eigenvalue weighted by Gasteiger charge is 2.58. The Morgan fingerprint density at radius 2 is 1.68 bits per heavy atom. The Labute approximate surface area is 167 Å². The molecule has 1 aromatic heterocycles. The smallest absolute Gasteiger partial charge is 0.288 e. The van der Waals surface area contributed by atoms with Gasteiger partial charge in [-0.1, -0.05) is 35.3 Å². The molecule has 28 heavy (non-hydrogen) atoms. The van der Waals surface area contributed by atoms with E-state index in [0.29, 0.717) is 17.0 Å². The summed E-state index contributed by atoms with van der Waals surface area (Å²) in [6.45, 7) is -0.419. The van der Waals surface area contributed by atoms with E-state index in [2.05, 4.69) is 20.5 Å². The monoisotopic (exact) mass is 425 g/mol. The molecule has 0 N–H and O–H groups in total. The zero-order valence-electron chi connectivity index (χ0n) is 14.2. The third-order valence-corrected chi connectivity index (χ3v) is 5.22. The second kappa shape index (κ2) is 6.86. The van der Waals surface area contributed by atoms with Crippen LogP contribution in [0.15, 0.2) is 53.8 Å². The number of alkyl halides is 3. The number of tetrazole rings is 1. The highest BCUT2D eigenvalue weighted by atomic mass is 35.5. The van der Waals surface area contributed by atoms with Crippen LogP contribution in [0.5, 0.6) is 0 Å². The summed E-state index contributed by atoms with van der Waals surface area (Å²) in [5.41, 5.74) is -0.476. The van der Waals surface area contributed by atoms with Crippen molar-refractivity contribution in [3.8, 4) is 5.69 Å². The summed E-state index contributed by atoms with van der Waals surface area (Å²) in [5.74, 6) is 0. The van der Waals surface area contributed by atoms with Crippen LogP contribution < -0.4 is 0 Å². The third kappa shape index (κ3) is 3.27. The maximum Gasteiger partial charge on any atom is 0.400 e. The molecule has 3 aromatic rings. The topological polar surface area (TPSA) is 56.0 Å². The highest BCUT2D eigenvalue weighted by Crippen LogP contribution is 2.48. The van der Waals surface area contributed by atoms with Gasteiger partial charge in [-0.25, -0.2) is 4.68 Å². The Morgan fingerprint density at radius 1 is 1.00 bits per heavy atom. The fourth-order valence-electron chi connectivity index (χ4n) is 3.28. The lowest BCUT2D eigenvalue weighted by Crippen LogP contribution is -2.43. The molecule has 10 heteroatoms. The van der Waals surface area contributed by atoms with Gasteiger partial charge in [-0.15, -0.1) is 5.10 Å². The van der Waals surface area contributed by atoms with E-state index in [-0.39, 0.29) is 22.0 Å². The predicted octanol–water partition coefficient (Wildman–Crippen LogP) is 4.66. The van der Waals surface area contributed by atoms with Gasteiger partial charge in [0.05, 0.1) is 12.2 Å². The molecule has 0 spiro atoms. The number of aromatic nitrogens is 4. The van der Waals surface area contributed by atoms with Gasteiger partial charge < -0.3 is 0 Å². The maximum absolute atomic E-state index is 14.1. The number of aliphatic imine (C=N–C) groups is 1. The highest BCUT2D eigenvalue weighted by molar-refractivity contribution is 6.34. The van der Waals surface area contributed by atoms with Crippen LogP contribution in [0.25, 0.3) is 5.69 Å². The third-order valence-electron chi connectivity index (χ3n) is 4.78. The number of halogens is 5. The SMILES string of the molecule is FC(F)(F)C1(c2cc(Cl)cc(Cl)c2)CN=C(c2ccc(-n3cnnn3)cc2)C1. The first-order valence-electron chi connectivity index (χ1n) is 8.19. The van der Waals surface area contributed by atoms with Crippen LogP contribution in [-0.4, -0.2) is 38.6 Å². The van der Waals surface area contributed by atoms with Crippen molar-refractivity contribution >= 4 is 28.9 Å². The van der Waals surface area contributed by atoms with Crippen molar-refractivity contribution in [2.24, 2.45) is 4.99 Å². The summed E-state index contributed by atoms with van der Waals surface area (Å²) in [5, 5.41) is 11.2. The lowest BCUT2D eigenvalue weighted by Gasteiger charge is -2.31. The second-order valence-corrected chi connectivity index (χ2v) is 7.35. The summed E-state index contributed by atoms with van der Waals surface area (Å²) in [4.78, 5) is 4.22. The van der Waals surface area contributed by atoms with E-state index < -0.39 is 18.1 Å². The van der Waals surface area contributed by atoms with Gasteiger partial charge in [0.1, 0.15) is 11.7 Å². The Balaban J connectivity index is 1.67. The molecule has 0 fully saturated rings. The van der Waals surface area contributed by atoms with Crippen LogP contribution in [0.2, 0.25) is 10.0 Å². The van der Waals surface area contributed by atoms with Crippen LogP contribution in [0.1, 0.15) is 17.5 Å². The van der Waals surface area contributed by atoms with E-state index in [1.807, 2.05) is 0 Å². The molecule has 0 aliphatic carbocycles. The molecule has 2 heterocycles. The van der Waals surface area contributed by atoms with Gasteiger partial charge in [-0.2, -0.15) is 13.2 Å². The number of nitrogens with zero attached hydrogens (tertiary/aromatic N) is 5. The summed E-state index contributed by atoms with van der Waals surface area (Å²) in [6.07, 6.45) is -3.38. The average Bonchev–Trinajstić information content (AvgIpc) is 3.31. The van der Waals surface area contributed by atoms with Crippen LogP contribution >= 0.6 is 23.2 Å². The summed E-state index contributed by atoms with van der Waals surface area (Å²) >= 11 is 11.9. The molecule has 1 unspecified atom stereocenters. The molecule has 1 atom stereocenters. The Bertz CT molecular complexity index is 1010. The molecule has 0 radical (unpaired) electrons. The van der Waals surface area contributed by atoms with Crippen molar-refractivity contribution in [3.05, 3.63) is 70.0 Å². The molecule has 1 aliphatic heterocycles. The van der Waals surface area contributed by atoms with Gasteiger partial charge in [0.15, 0.2) is 0 Å². The maximum atomic E-state index is 14.1. The quantitative estimate of drug-likeness (QED) is 0.612. The molecule has 0 bridgehead atoms. The predicted molar refractivity (Wildman–Crippen MR) is 99.4 cm³/mol. The molecule has 0 saturated carbocycles. The number of benzene rings is 2. The fraction of sp³-hybridized carbons (Fsp3) is 0.222. The van der Waals surface area contributed by atoms with Crippen molar-refractivity contribution in [2.45, 2.75) is 18.0 Å². The van der Waals surface area contributed by atoms with Crippen molar-refractivity contribution in [1.29, 1.82) is 0 Å². The van der Waals surface area contributed by atoms with Gasteiger partial charge in [0, 0.05) is 22.2 Å². The number of hydrogen-bond acceptors (Lipinski definition) is 4. The molecular weight excluding hydrogens is 414 g/mol. The fourth-order valence-corrected chi connectivity index (χ4v) is 3.81. The van der Waals surface area contributed by atoms with Crippen LogP contribution in [0.3, 0.4) is 0 Å². The molecule has 4 rings (SSSR count). The number of rotatable bonds is 3. The van der Waals surface area contributed by atoms with Gasteiger partial charge in [-0.05, 0) is 51.9 Å². The van der Waals surface area contributed by atoms with E-state index in [1.165, 1.54) is 29.2 Å². The molecule has 2 aromatic carbocycles. The minimum atomic E-state index is -4.52. The Hall–Kier alpha value is -2.45. The average molecular weight is 426 g/mol. The zero-order chi connectivity index (χ0) is 19.9. The van der Waals surface area contributed by atoms with Gasteiger partial charge in [0.2, 0.25) is 0 Å². The van der Waals surface area contributed by atoms with Crippen molar-refractivity contribution < 1.29 is 13.2 Å². The summed E-state index contributed by atoms with van der Waals surface area (Å²) in [7, 11) is 0. The molecule has 1 aliphatic rings. The normalized spacial score (nSPS) is 19.7. The van der Waals surface area contributed by atoms with Crippen LogP contribution in [0.4, 0.5) is 13.2 Å². The largest absolute Gasteiger partial charge is 0.400 e. The van der Waals surface area contributed by atoms with E-state index >= 15 is 0 Å². The molecule has 5 nitrogen and oxygen atoms in total. The van der Waals surface area contributed by atoms with Gasteiger partial charge in [-0.3, -0.25) is 4.99 Å². The van der Waals surface area contributed by atoms with E-state index in [1.54, 1.807) is 24.3 Å². The van der Waals surface area contributed by atoms with Crippen molar-refractivity contribution in [3.63, 3.8) is 0 Å². The lowest BCUT2D eigenvalue weighted by molar-refractivity contribution is -0.183. The van der Waals surface area contributed by atoms with E-state index in [4.69, 9.17) is 23.2 Å². The minimum absolute atomic E-state index is 0.0153. The molecular formula is C18H12Cl2F3N5. The van der Waals surface area contributed by atoms with Gasteiger partial charge >= 0.3 is 6.18 Å².